The lowest BCUT2D eigenvalue weighted by molar-refractivity contribution is -0.163. The van der Waals surface area contributed by atoms with Crippen molar-refractivity contribution in [2.45, 2.75) is 77.2 Å². The Bertz CT molecular complexity index is 781. The van der Waals surface area contributed by atoms with Crippen molar-refractivity contribution in [2.24, 2.45) is 17.8 Å². The number of ether oxygens (including phenoxy) is 1. The van der Waals surface area contributed by atoms with Crippen LogP contribution in [0.3, 0.4) is 0 Å². The average Bonchev–Trinajstić information content (AvgIpc) is 2.95. The van der Waals surface area contributed by atoms with Crippen molar-refractivity contribution in [1.29, 1.82) is 0 Å². The fourth-order valence-corrected chi connectivity index (χ4v) is 6.39. The van der Waals surface area contributed by atoms with E-state index in [-0.39, 0.29) is 47.5 Å². The molecular formula is C23H35NO5Si. The molecule has 6 nitrogen and oxygen atoms in total. The van der Waals surface area contributed by atoms with Crippen LogP contribution in [0.5, 0.6) is 0 Å². The molecule has 1 aliphatic carbocycles. The van der Waals surface area contributed by atoms with E-state index in [1.165, 1.54) is 6.08 Å². The number of amides is 1. The first-order valence-electron chi connectivity index (χ1n) is 10.9. The molecule has 3 aliphatic rings. The Morgan fingerprint density at radius 1 is 1.33 bits per heavy atom. The predicted octanol–water partition coefficient (Wildman–Crippen LogP) is 3.84. The zero-order valence-electron chi connectivity index (χ0n) is 19.1. The fourth-order valence-electron chi connectivity index (χ4n) is 4.96. The van der Waals surface area contributed by atoms with Crippen LogP contribution in [0, 0.1) is 17.8 Å². The molecule has 0 spiro atoms. The first kappa shape index (κ1) is 22.9. The Kier molecular flexibility index (Phi) is 6.18. The highest BCUT2D eigenvalue weighted by Crippen LogP contribution is 2.54. The molecule has 30 heavy (non-hydrogen) atoms. The summed E-state index contributed by atoms with van der Waals surface area (Å²) in [6.45, 7) is 16.5. The number of fused-ring (bicyclic) bond motifs is 3. The van der Waals surface area contributed by atoms with Crippen LogP contribution in [0.1, 0.15) is 47.0 Å². The number of nitrogens with zero attached hydrogens (tertiary/aromatic N) is 1. The number of hydrogen-bond acceptors (Lipinski definition) is 5. The Balaban J connectivity index is 1.91. The molecule has 1 saturated heterocycles. The summed E-state index contributed by atoms with van der Waals surface area (Å²) in [6.07, 6.45) is 4.68. The summed E-state index contributed by atoms with van der Waals surface area (Å²) in [5.41, 5.74) is 1.09. The van der Waals surface area contributed by atoms with E-state index in [9.17, 15) is 14.4 Å². The summed E-state index contributed by atoms with van der Waals surface area (Å²) in [6, 6.07) is -0.124. The van der Waals surface area contributed by atoms with Gasteiger partial charge in [0.05, 0.1) is 18.1 Å². The lowest BCUT2D eigenvalue weighted by Crippen LogP contribution is -2.65. The van der Waals surface area contributed by atoms with E-state index in [0.29, 0.717) is 12.1 Å². The molecule has 1 saturated carbocycles. The molecule has 1 amide bonds. The summed E-state index contributed by atoms with van der Waals surface area (Å²) >= 11 is 0. The standard InChI is InChI=1S/C23H35NO5Si/c1-8-12-28-22(27)20-18-15(13-25)10-9-11-16(18)19-17(21(26)24(19)20)14(2)29-30(6,7)23(3,4)5/h8,13-17,19H,1,9-12H2,2-7H3/t14-,15-,16+,17-,19-/m1/s1. The van der Waals surface area contributed by atoms with Crippen LogP contribution >= 0.6 is 0 Å². The summed E-state index contributed by atoms with van der Waals surface area (Å²) < 4.78 is 11.8. The third-order valence-electron chi connectivity index (χ3n) is 7.43. The topological polar surface area (TPSA) is 72.9 Å². The van der Waals surface area contributed by atoms with Crippen LogP contribution in [-0.4, -0.2) is 50.1 Å². The lowest BCUT2D eigenvalue weighted by Gasteiger charge is -2.50. The highest BCUT2D eigenvalue weighted by atomic mass is 28.4. The summed E-state index contributed by atoms with van der Waals surface area (Å²) in [7, 11) is -2.05. The predicted molar refractivity (Wildman–Crippen MR) is 117 cm³/mol. The van der Waals surface area contributed by atoms with Gasteiger partial charge in [-0.05, 0) is 43.5 Å². The van der Waals surface area contributed by atoms with E-state index in [1.807, 2.05) is 6.92 Å². The Morgan fingerprint density at radius 2 is 2.00 bits per heavy atom. The number of hydrogen-bond donors (Lipinski definition) is 0. The normalized spacial score (nSPS) is 29.7. The number of esters is 1. The molecule has 3 rings (SSSR count). The van der Waals surface area contributed by atoms with E-state index in [2.05, 4.69) is 40.4 Å². The van der Waals surface area contributed by atoms with Gasteiger partial charge in [0.2, 0.25) is 5.91 Å². The second kappa shape index (κ2) is 8.08. The van der Waals surface area contributed by atoms with Gasteiger partial charge in [0.1, 0.15) is 18.6 Å². The monoisotopic (exact) mass is 433 g/mol. The number of rotatable bonds is 7. The van der Waals surface area contributed by atoms with Gasteiger partial charge in [-0.15, -0.1) is 0 Å². The third kappa shape index (κ3) is 3.60. The Labute approximate surface area is 180 Å². The van der Waals surface area contributed by atoms with Gasteiger partial charge < -0.3 is 18.9 Å². The molecule has 0 radical (unpaired) electrons. The molecule has 0 aromatic carbocycles. The minimum Gasteiger partial charge on any atom is -0.457 e. The van der Waals surface area contributed by atoms with Gasteiger partial charge in [0.15, 0.2) is 8.32 Å². The van der Waals surface area contributed by atoms with Gasteiger partial charge in [0, 0.05) is 11.8 Å². The first-order chi connectivity index (χ1) is 14.0. The maximum absolute atomic E-state index is 13.3. The van der Waals surface area contributed by atoms with Crippen LogP contribution < -0.4 is 0 Å². The minimum atomic E-state index is -2.05. The zero-order chi connectivity index (χ0) is 22.4. The lowest BCUT2D eigenvalue weighted by atomic mass is 9.70. The molecule has 166 valence electrons. The minimum absolute atomic E-state index is 0.0217. The van der Waals surface area contributed by atoms with Crippen LogP contribution in [0.4, 0.5) is 0 Å². The molecule has 0 aromatic rings. The van der Waals surface area contributed by atoms with Crippen LogP contribution in [0.2, 0.25) is 18.1 Å². The highest BCUT2D eigenvalue weighted by molar-refractivity contribution is 6.74. The Hall–Kier alpha value is -1.73. The molecule has 0 bridgehead atoms. The van der Waals surface area contributed by atoms with Crippen molar-refractivity contribution in [3.63, 3.8) is 0 Å². The fraction of sp³-hybridized carbons (Fsp3) is 0.696. The highest BCUT2D eigenvalue weighted by Gasteiger charge is 2.63. The number of β-lactam (4-membered cyclic amide) rings is 1. The van der Waals surface area contributed by atoms with Crippen LogP contribution in [-0.2, 0) is 23.5 Å². The van der Waals surface area contributed by atoms with Gasteiger partial charge in [-0.1, -0.05) is 39.8 Å². The number of aldehydes is 1. The quantitative estimate of drug-likeness (QED) is 0.201. The van der Waals surface area contributed by atoms with Gasteiger partial charge in [0.25, 0.3) is 0 Å². The molecular weight excluding hydrogens is 398 g/mol. The molecule has 2 fully saturated rings. The second-order valence-electron chi connectivity index (χ2n) is 10.3. The third-order valence-corrected chi connectivity index (χ3v) is 12.0. The van der Waals surface area contributed by atoms with Crippen molar-refractivity contribution < 1.29 is 23.5 Å². The maximum Gasteiger partial charge on any atom is 0.355 e. The zero-order valence-corrected chi connectivity index (χ0v) is 20.1. The molecule has 7 heteroatoms. The van der Waals surface area contributed by atoms with E-state index in [4.69, 9.17) is 9.16 Å². The largest absolute Gasteiger partial charge is 0.457 e. The molecule has 0 N–H and O–H groups in total. The summed E-state index contributed by atoms with van der Waals surface area (Å²) in [4.78, 5) is 39.5. The summed E-state index contributed by atoms with van der Waals surface area (Å²) in [5, 5.41) is 0.0416. The van der Waals surface area contributed by atoms with Crippen molar-refractivity contribution in [1.82, 2.24) is 4.90 Å². The second-order valence-corrected chi connectivity index (χ2v) is 15.0. The molecule has 0 aromatic heterocycles. The maximum atomic E-state index is 13.3. The van der Waals surface area contributed by atoms with E-state index in [0.717, 1.165) is 24.7 Å². The Morgan fingerprint density at radius 3 is 2.57 bits per heavy atom. The van der Waals surface area contributed by atoms with Gasteiger partial charge in [-0.2, -0.15) is 0 Å². The van der Waals surface area contributed by atoms with Crippen molar-refractivity contribution in [3.05, 3.63) is 23.9 Å². The van der Waals surface area contributed by atoms with E-state index >= 15 is 0 Å². The van der Waals surface area contributed by atoms with E-state index in [1.54, 1.807) is 4.90 Å². The molecule has 5 atom stereocenters. The van der Waals surface area contributed by atoms with Crippen LogP contribution in [0.25, 0.3) is 0 Å². The molecule has 2 aliphatic heterocycles. The van der Waals surface area contributed by atoms with Gasteiger partial charge in [-0.25, -0.2) is 4.79 Å². The molecule has 0 unspecified atom stereocenters. The first-order valence-corrected chi connectivity index (χ1v) is 13.8. The van der Waals surface area contributed by atoms with Crippen molar-refractivity contribution >= 4 is 26.5 Å². The summed E-state index contributed by atoms with van der Waals surface area (Å²) in [5.74, 6) is -1.23. The van der Waals surface area contributed by atoms with E-state index < -0.39 is 14.3 Å². The van der Waals surface area contributed by atoms with Crippen LogP contribution in [0.15, 0.2) is 23.9 Å². The average molecular weight is 434 g/mol. The SMILES string of the molecule is C=CCOC(=O)C1=C2[C@@H](C=O)CCC[C@@H]2[C@@H]2[C@@H]([C@@H](C)O[Si](C)(C)C(C)(C)C)C(=O)N12. The number of carbonyl (C=O) groups excluding carboxylic acids is 3. The van der Waals surface area contributed by atoms with Gasteiger partial charge >= 0.3 is 5.97 Å². The smallest absolute Gasteiger partial charge is 0.355 e. The van der Waals surface area contributed by atoms with Crippen molar-refractivity contribution in [2.75, 3.05) is 6.61 Å². The molecule has 2 heterocycles. The number of carbonyl (C=O) groups is 3. The van der Waals surface area contributed by atoms with Gasteiger partial charge in [-0.3, -0.25) is 4.79 Å². The van der Waals surface area contributed by atoms with Crippen molar-refractivity contribution in [3.8, 4) is 0 Å².